The molecular weight excluding hydrogens is 292 g/mol. The molecule has 0 radical (unpaired) electrons. The van der Waals surface area contributed by atoms with Gasteiger partial charge in [0.15, 0.2) is 5.03 Å². The van der Waals surface area contributed by atoms with Crippen molar-refractivity contribution in [1.29, 1.82) is 0 Å². The standard InChI is InChI=1S/C13H22N4O3S/c1-3-6-17(7-8-20-2)21(18,19)13-11(10-15-16-13)9-14-12-4-5-12/h3,10,12,14H,1,4-9H2,2H3,(H,15,16). The predicted molar refractivity (Wildman–Crippen MR) is 79.3 cm³/mol. The van der Waals surface area contributed by atoms with Gasteiger partial charge in [-0.1, -0.05) is 6.08 Å². The van der Waals surface area contributed by atoms with Crippen molar-refractivity contribution >= 4 is 10.0 Å². The predicted octanol–water partition coefficient (Wildman–Crippen LogP) is 0.485. The Labute approximate surface area is 125 Å². The molecule has 0 aromatic carbocycles. The van der Waals surface area contributed by atoms with Crippen molar-refractivity contribution in [2.24, 2.45) is 0 Å². The molecule has 8 heteroatoms. The summed E-state index contributed by atoms with van der Waals surface area (Å²) in [5.74, 6) is 0. The van der Waals surface area contributed by atoms with Crippen LogP contribution in [0.4, 0.5) is 0 Å². The largest absolute Gasteiger partial charge is 0.383 e. The molecule has 0 amide bonds. The highest BCUT2D eigenvalue weighted by atomic mass is 32.2. The number of H-pyrrole nitrogens is 1. The number of ether oxygens (including phenoxy) is 1. The molecule has 0 aliphatic heterocycles. The van der Waals surface area contributed by atoms with Gasteiger partial charge in [-0.05, 0) is 12.8 Å². The molecule has 0 atom stereocenters. The summed E-state index contributed by atoms with van der Waals surface area (Å²) in [7, 11) is -2.08. The van der Waals surface area contributed by atoms with Gasteiger partial charge in [0, 0.05) is 38.3 Å². The summed E-state index contributed by atoms with van der Waals surface area (Å²) in [6.45, 7) is 4.95. The van der Waals surface area contributed by atoms with Gasteiger partial charge in [-0.25, -0.2) is 8.42 Å². The Hall–Kier alpha value is -1.22. The molecule has 2 N–H and O–H groups in total. The first-order valence-electron chi connectivity index (χ1n) is 6.95. The second-order valence-corrected chi connectivity index (χ2v) is 6.90. The topological polar surface area (TPSA) is 87.3 Å². The number of sulfonamides is 1. The van der Waals surface area contributed by atoms with Gasteiger partial charge in [-0.2, -0.15) is 9.40 Å². The van der Waals surface area contributed by atoms with Crippen molar-refractivity contribution in [3.63, 3.8) is 0 Å². The fourth-order valence-electron chi connectivity index (χ4n) is 1.97. The third-order valence-electron chi connectivity index (χ3n) is 3.31. The van der Waals surface area contributed by atoms with E-state index in [0.29, 0.717) is 24.8 Å². The molecule has 7 nitrogen and oxygen atoms in total. The molecule has 0 spiro atoms. The van der Waals surface area contributed by atoms with Gasteiger partial charge in [-0.15, -0.1) is 6.58 Å². The van der Waals surface area contributed by atoms with Gasteiger partial charge in [0.05, 0.1) is 12.8 Å². The SMILES string of the molecule is C=CCN(CCOC)S(=O)(=O)c1[nH]ncc1CNC1CC1. The molecule has 21 heavy (non-hydrogen) atoms. The van der Waals surface area contributed by atoms with E-state index in [4.69, 9.17) is 4.74 Å². The second kappa shape index (κ2) is 7.17. The maximum Gasteiger partial charge on any atom is 0.260 e. The molecule has 2 rings (SSSR count). The molecule has 1 saturated carbocycles. The van der Waals surface area contributed by atoms with Gasteiger partial charge in [0.2, 0.25) is 0 Å². The molecule has 1 aliphatic rings. The zero-order valence-electron chi connectivity index (χ0n) is 12.2. The third kappa shape index (κ3) is 4.13. The first-order chi connectivity index (χ1) is 10.1. The summed E-state index contributed by atoms with van der Waals surface area (Å²) in [5.41, 5.74) is 0.661. The van der Waals surface area contributed by atoms with Gasteiger partial charge >= 0.3 is 0 Å². The Kier molecular flexibility index (Phi) is 5.51. The number of nitrogens with one attached hydrogen (secondary N) is 2. The summed E-state index contributed by atoms with van der Waals surface area (Å²) in [6.07, 6.45) is 5.42. The number of hydrogen-bond acceptors (Lipinski definition) is 5. The van der Waals surface area contributed by atoms with E-state index in [1.54, 1.807) is 19.4 Å². The lowest BCUT2D eigenvalue weighted by Gasteiger charge is -2.20. The van der Waals surface area contributed by atoms with Crippen LogP contribution in [-0.2, 0) is 21.3 Å². The van der Waals surface area contributed by atoms with Crippen LogP contribution in [0.15, 0.2) is 23.9 Å². The van der Waals surface area contributed by atoms with Crippen molar-refractivity contribution in [3.05, 3.63) is 24.4 Å². The lowest BCUT2D eigenvalue weighted by molar-refractivity contribution is 0.182. The minimum Gasteiger partial charge on any atom is -0.383 e. The highest BCUT2D eigenvalue weighted by Crippen LogP contribution is 2.22. The Bertz CT molecular complexity index is 566. The van der Waals surface area contributed by atoms with Gasteiger partial charge in [0.1, 0.15) is 0 Å². The van der Waals surface area contributed by atoms with Gasteiger partial charge < -0.3 is 10.1 Å². The minimum absolute atomic E-state index is 0.147. The van der Waals surface area contributed by atoms with Crippen LogP contribution in [0.25, 0.3) is 0 Å². The first-order valence-corrected chi connectivity index (χ1v) is 8.39. The van der Waals surface area contributed by atoms with E-state index in [1.807, 2.05) is 0 Å². The highest BCUT2D eigenvalue weighted by molar-refractivity contribution is 7.89. The number of aromatic amines is 1. The summed E-state index contributed by atoms with van der Waals surface area (Å²) in [4.78, 5) is 0. The van der Waals surface area contributed by atoms with Crippen molar-refractivity contribution in [1.82, 2.24) is 19.8 Å². The Morgan fingerprint density at radius 1 is 1.62 bits per heavy atom. The monoisotopic (exact) mass is 314 g/mol. The van der Waals surface area contributed by atoms with E-state index >= 15 is 0 Å². The molecule has 1 fully saturated rings. The highest BCUT2D eigenvalue weighted by Gasteiger charge is 2.28. The number of aromatic nitrogens is 2. The third-order valence-corrected chi connectivity index (χ3v) is 5.19. The minimum atomic E-state index is -3.63. The maximum atomic E-state index is 12.7. The Balaban J connectivity index is 2.15. The first kappa shape index (κ1) is 16.2. The molecule has 118 valence electrons. The maximum absolute atomic E-state index is 12.7. The quantitative estimate of drug-likeness (QED) is 0.614. The Morgan fingerprint density at radius 2 is 2.38 bits per heavy atom. The van der Waals surface area contributed by atoms with E-state index in [2.05, 4.69) is 22.1 Å². The zero-order valence-corrected chi connectivity index (χ0v) is 13.0. The smallest absolute Gasteiger partial charge is 0.260 e. The van der Waals surface area contributed by atoms with Crippen molar-refractivity contribution in [3.8, 4) is 0 Å². The van der Waals surface area contributed by atoms with Crippen molar-refractivity contribution in [2.45, 2.75) is 30.5 Å². The van der Waals surface area contributed by atoms with E-state index < -0.39 is 10.0 Å². The van der Waals surface area contributed by atoms with Crippen LogP contribution in [0.1, 0.15) is 18.4 Å². The van der Waals surface area contributed by atoms with Crippen LogP contribution >= 0.6 is 0 Å². The molecule has 1 aromatic rings. The molecule has 0 saturated heterocycles. The van der Waals surface area contributed by atoms with E-state index in [0.717, 1.165) is 12.8 Å². The number of rotatable bonds is 10. The van der Waals surface area contributed by atoms with Crippen LogP contribution in [0.2, 0.25) is 0 Å². The van der Waals surface area contributed by atoms with E-state index in [1.165, 1.54) is 4.31 Å². The van der Waals surface area contributed by atoms with Crippen LogP contribution in [0.5, 0.6) is 0 Å². The van der Waals surface area contributed by atoms with Gasteiger partial charge in [-0.3, -0.25) is 5.10 Å². The molecule has 1 heterocycles. The lowest BCUT2D eigenvalue weighted by Crippen LogP contribution is -2.35. The van der Waals surface area contributed by atoms with Crippen LogP contribution in [-0.4, -0.2) is 55.8 Å². The average molecular weight is 314 g/mol. The molecule has 1 aromatic heterocycles. The summed E-state index contributed by atoms with van der Waals surface area (Å²) in [6, 6.07) is 0.508. The van der Waals surface area contributed by atoms with Gasteiger partial charge in [0.25, 0.3) is 10.0 Å². The zero-order chi connectivity index (χ0) is 15.3. The fraction of sp³-hybridized carbons (Fsp3) is 0.615. The fourth-order valence-corrected chi connectivity index (χ4v) is 3.47. The average Bonchev–Trinajstić information content (AvgIpc) is 3.16. The lowest BCUT2D eigenvalue weighted by atomic mass is 10.3. The summed E-state index contributed by atoms with van der Waals surface area (Å²) >= 11 is 0. The molecule has 0 unspecified atom stereocenters. The van der Waals surface area contributed by atoms with Crippen LogP contribution < -0.4 is 5.32 Å². The second-order valence-electron chi connectivity index (χ2n) is 5.02. The molecular formula is C13H22N4O3S. The van der Waals surface area contributed by atoms with E-state index in [9.17, 15) is 8.42 Å². The Morgan fingerprint density at radius 3 is 3.00 bits per heavy atom. The van der Waals surface area contributed by atoms with Crippen LogP contribution in [0, 0.1) is 0 Å². The number of hydrogen-bond donors (Lipinski definition) is 2. The van der Waals surface area contributed by atoms with Crippen molar-refractivity contribution < 1.29 is 13.2 Å². The summed E-state index contributed by atoms with van der Waals surface area (Å²) in [5, 5.41) is 9.94. The summed E-state index contributed by atoms with van der Waals surface area (Å²) < 4.78 is 31.7. The van der Waals surface area contributed by atoms with Crippen molar-refractivity contribution in [2.75, 3.05) is 26.8 Å². The number of methoxy groups -OCH3 is 1. The number of nitrogens with zero attached hydrogens (tertiary/aromatic N) is 2. The van der Waals surface area contributed by atoms with E-state index in [-0.39, 0.29) is 18.1 Å². The molecule has 1 aliphatic carbocycles. The normalized spacial score (nSPS) is 15.5. The van der Waals surface area contributed by atoms with Crippen LogP contribution in [0.3, 0.4) is 0 Å². The molecule has 0 bridgehead atoms.